The second-order valence-electron chi connectivity index (χ2n) is 6.08. The molecule has 2 aliphatic rings. The van der Waals surface area contributed by atoms with Gasteiger partial charge in [0, 0.05) is 38.3 Å². The molecule has 0 aromatic heterocycles. The summed E-state index contributed by atoms with van der Waals surface area (Å²) < 4.78 is 5.59. The Morgan fingerprint density at radius 3 is 2.96 bits per heavy atom. The number of rotatable bonds is 3. The first-order chi connectivity index (χ1) is 10.9. The zero-order valence-electron chi connectivity index (χ0n) is 13.3. The van der Waals surface area contributed by atoms with Crippen molar-refractivity contribution in [2.24, 2.45) is 0 Å². The predicted molar refractivity (Wildman–Crippen MR) is 97.0 cm³/mol. The highest BCUT2D eigenvalue weighted by Gasteiger charge is 2.15. The summed E-state index contributed by atoms with van der Waals surface area (Å²) in [5.41, 5.74) is 5.58. The van der Waals surface area contributed by atoms with E-state index in [4.69, 9.17) is 4.74 Å². The first kappa shape index (κ1) is 16.2. The van der Waals surface area contributed by atoms with Crippen molar-refractivity contribution in [1.29, 1.82) is 0 Å². The Labute approximate surface area is 144 Å². The number of fused-ring (bicyclic) bond motifs is 2. The van der Waals surface area contributed by atoms with E-state index in [0.29, 0.717) is 0 Å². The summed E-state index contributed by atoms with van der Waals surface area (Å²) in [5.74, 6) is 1.08. The third-order valence-electron chi connectivity index (χ3n) is 4.63. The molecule has 0 bridgehead atoms. The molecule has 0 saturated heterocycles. The van der Waals surface area contributed by atoms with Crippen LogP contribution in [0.3, 0.4) is 0 Å². The van der Waals surface area contributed by atoms with Crippen molar-refractivity contribution in [3.63, 3.8) is 0 Å². The van der Waals surface area contributed by atoms with Gasteiger partial charge in [-0.05, 0) is 35.2 Å². The summed E-state index contributed by atoms with van der Waals surface area (Å²) in [4.78, 5) is 2.51. The highest BCUT2D eigenvalue weighted by Crippen LogP contribution is 2.27. The normalized spacial score (nSPS) is 15.9. The molecule has 23 heavy (non-hydrogen) atoms. The number of nitrogens with zero attached hydrogens (tertiary/aromatic N) is 1. The summed E-state index contributed by atoms with van der Waals surface area (Å²) in [7, 11) is 0. The van der Waals surface area contributed by atoms with Crippen LogP contribution >= 0.6 is 12.4 Å². The zero-order chi connectivity index (χ0) is 14.8. The van der Waals surface area contributed by atoms with Gasteiger partial charge in [0.15, 0.2) is 0 Å². The average molecular weight is 331 g/mol. The van der Waals surface area contributed by atoms with E-state index in [0.717, 1.165) is 51.4 Å². The maximum Gasteiger partial charge on any atom is 0.122 e. The number of hydrogen-bond acceptors (Lipinski definition) is 3. The number of nitrogens with one attached hydrogen (secondary N) is 1. The third-order valence-corrected chi connectivity index (χ3v) is 4.63. The number of hydrogen-bond donors (Lipinski definition) is 1. The van der Waals surface area contributed by atoms with Gasteiger partial charge in [-0.15, -0.1) is 12.4 Å². The standard InChI is InChI=1S/C19H22N2O.ClH/c1-2-4-18-17(3-1)14-20-9-11-21(18)10-7-15-5-6-19-16(13-15)8-12-22-19;/h1-6,13,20H,7-12,14H2;1H. The van der Waals surface area contributed by atoms with E-state index < -0.39 is 0 Å². The molecule has 4 heteroatoms. The largest absolute Gasteiger partial charge is 0.493 e. The Morgan fingerprint density at radius 1 is 1.09 bits per heavy atom. The van der Waals surface area contributed by atoms with E-state index in [2.05, 4.69) is 52.7 Å². The Kier molecular flexibility index (Phi) is 5.09. The van der Waals surface area contributed by atoms with Gasteiger partial charge >= 0.3 is 0 Å². The Bertz CT molecular complexity index is 674. The molecule has 0 aliphatic carbocycles. The van der Waals surface area contributed by atoms with E-state index in [1.54, 1.807) is 0 Å². The lowest BCUT2D eigenvalue weighted by Gasteiger charge is -2.24. The van der Waals surface area contributed by atoms with Gasteiger partial charge in [-0.25, -0.2) is 0 Å². The van der Waals surface area contributed by atoms with E-state index in [-0.39, 0.29) is 12.4 Å². The fourth-order valence-electron chi connectivity index (χ4n) is 3.42. The third kappa shape index (κ3) is 3.46. The highest BCUT2D eigenvalue weighted by molar-refractivity contribution is 5.85. The van der Waals surface area contributed by atoms with Crippen molar-refractivity contribution in [1.82, 2.24) is 5.32 Å². The van der Waals surface area contributed by atoms with Crippen LogP contribution in [-0.2, 0) is 19.4 Å². The van der Waals surface area contributed by atoms with Crippen LogP contribution < -0.4 is 15.0 Å². The number of anilines is 1. The quantitative estimate of drug-likeness (QED) is 0.935. The summed E-state index contributed by atoms with van der Waals surface area (Å²) in [6, 6.07) is 15.4. The summed E-state index contributed by atoms with van der Waals surface area (Å²) in [6.45, 7) is 5.00. The van der Waals surface area contributed by atoms with Crippen LogP contribution in [0, 0.1) is 0 Å². The highest BCUT2D eigenvalue weighted by atomic mass is 35.5. The van der Waals surface area contributed by atoms with Gasteiger partial charge in [0.05, 0.1) is 6.61 Å². The van der Waals surface area contributed by atoms with Crippen LogP contribution in [0.25, 0.3) is 0 Å². The maximum atomic E-state index is 5.59. The molecule has 2 aromatic carbocycles. The van der Waals surface area contributed by atoms with E-state index in [1.165, 1.54) is 22.4 Å². The minimum Gasteiger partial charge on any atom is -0.493 e. The molecule has 1 N–H and O–H groups in total. The molecule has 3 nitrogen and oxygen atoms in total. The van der Waals surface area contributed by atoms with Gasteiger partial charge in [0.25, 0.3) is 0 Å². The van der Waals surface area contributed by atoms with Crippen molar-refractivity contribution in [2.75, 3.05) is 31.1 Å². The molecule has 2 aliphatic heterocycles. The SMILES string of the molecule is Cl.c1ccc2c(c1)CNCCN2CCc1ccc2c(c1)CCO2. The van der Waals surface area contributed by atoms with E-state index in [9.17, 15) is 0 Å². The predicted octanol–water partition coefficient (Wildman–Crippen LogP) is 3.20. The van der Waals surface area contributed by atoms with Crippen molar-refractivity contribution in [3.05, 3.63) is 59.2 Å². The van der Waals surface area contributed by atoms with Gasteiger partial charge in [-0.1, -0.05) is 30.3 Å². The number of halogens is 1. The van der Waals surface area contributed by atoms with Gasteiger partial charge in [0.1, 0.15) is 5.75 Å². The Hall–Kier alpha value is -1.71. The average Bonchev–Trinajstić information content (AvgIpc) is 2.92. The van der Waals surface area contributed by atoms with Crippen molar-refractivity contribution >= 4 is 18.1 Å². The van der Waals surface area contributed by atoms with Crippen LogP contribution in [0.15, 0.2) is 42.5 Å². The number of para-hydroxylation sites is 1. The fraction of sp³-hybridized carbons (Fsp3) is 0.368. The molecule has 0 radical (unpaired) electrons. The minimum atomic E-state index is 0. The Balaban J connectivity index is 0.00000156. The molecule has 0 unspecified atom stereocenters. The van der Waals surface area contributed by atoms with Crippen LogP contribution in [0.1, 0.15) is 16.7 Å². The van der Waals surface area contributed by atoms with Gasteiger partial charge in [-0.3, -0.25) is 0 Å². The molecule has 0 amide bonds. The van der Waals surface area contributed by atoms with Crippen molar-refractivity contribution < 1.29 is 4.74 Å². The molecule has 0 fully saturated rings. The van der Waals surface area contributed by atoms with Crippen LogP contribution in [0.5, 0.6) is 5.75 Å². The lowest BCUT2D eigenvalue weighted by Crippen LogP contribution is -2.30. The molecule has 0 atom stereocenters. The molecule has 2 heterocycles. The molecule has 0 spiro atoms. The summed E-state index contributed by atoms with van der Waals surface area (Å²) in [5, 5.41) is 3.51. The molecular weight excluding hydrogens is 308 g/mol. The van der Waals surface area contributed by atoms with Crippen LogP contribution in [0.4, 0.5) is 5.69 Å². The minimum absolute atomic E-state index is 0. The molecule has 2 aromatic rings. The smallest absolute Gasteiger partial charge is 0.122 e. The zero-order valence-corrected chi connectivity index (χ0v) is 14.1. The molecule has 122 valence electrons. The lowest BCUT2D eigenvalue weighted by molar-refractivity contribution is 0.357. The first-order valence-electron chi connectivity index (χ1n) is 8.18. The summed E-state index contributed by atoms with van der Waals surface area (Å²) >= 11 is 0. The van der Waals surface area contributed by atoms with E-state index in [1.807, 2.05) is 0 Å². The van der Waals surface area contributed by atoms with E-state index >= 15 is 0 Å². The molecule has 0 saturated carbocycles. The number of ether oxygens (including phenoxy) is 1. The van der Waals surface area contributed by atoms with Crippen LogP contribution in [0.2, 0.25) is 0 Å². The first-order valence-corrected chi connectivity index (χ1v) is 8.18. The fourth-order valence-corrected chi connectivity index (χ4v) is 3.42. The van der Waals surface area contributed by atoms with Crippen molar-refractivity contribution in [3.8, 4) is 5.75 Å². The molecule has 4 rings (SSSR count). The van der Waals surface area contributed by atoms with Crippen molar-refractivity contribution in [2.45, 2.75) is 19.4 Å². The van der Waals surface area contributed by atoms with Gasteiger partial charge < -0.3 is 15.0 Å². The topological polar surface area (TPSA) is 24.5 Å². The van der Waals surface area contributed by atoms with Crippen LogP contribution in [-0.4, -0.2) is 26.2 Å². The van der Waals surface area contributed by atoms with Gasteiger partial charge in [-0.2, -0.15) is 0 Å². The molecular formula is C19H23ClN2O. The summed E-state index contributed by atoms with van der Waals surface area (Å²) in [6.07, 6.45) is 2.14. The second kappa shape index (κ2) is 7.24. The Morgan fingerprint density at radius 2 is 2.00 bits per heavy atom. The lowest BCUT2D eigenvalue weighted by atomic mass is 10.1. The maximum absolute atomic E-state index is 5.59. The van der Waals surface area contributed by atoms with Gasteiger partial charge in [0.2, 0.25) is 0 Å². The monoisotopic (exact) mass is 330 g/mol. The number of benzene rings is 2. The second-order valence-corrected chi connectivity index (χ2v) is 6.08.